The van der Waals surface area contributed by atoms with Crippen LogP contribution in [-0.4, -0.2) is 24.1 Å². The van der Waals surface area contributed by atoms with Crippen LogP contribution in [-0.2, 0) is 13.2 Å². The van der Waals surface area contributed by atoms with Gasteiger partial charge in [-0.3, -0.25) is 0 Å². The Labute approximate surface area is 122 Å². The van der Waals surface area contributed by atoms with Gasteiger partial charge < -0.3 is 14.8 Å². The summed E-state index contributed by atoms with van der Waals surface area (Å²) >= 11 is 6.24. The maximum atomic E-state index is 6.24. The first-order valence-corrected chi connectivity index (χ1v) is 6.52. The lowest BCUT2D eigenvalue weighted by Gasteiger charge is -2.13. The third-order valence-electron chi connectivity index (χ3n) is 2.63. The van der Waals surface area contributed by atoms with Gasteiger partial charge in [0.05, 0.1) is 12.1 Å². The summed E-state index contributed by atoms with van der Waals surface area (Å²) in [6.45, 7) is 0.945. The standard InChI is InChI=1S/C14H16ClN3O2/c1-16-8-10-6-11(15)14(12(7-10)19-2)20-9-13-17-4-3-5-18-13/h3-7,16H,8-9H2,1-2H3. The van der Waals surface area contributed by atoms with Gasteiger partial charge in [-0.05, 0) is 30.8 Å². The summed E-state index contributed by atoms with van der Waals surface area (Å²) in [6, 6.07) is 5.49. The van der Waals surface area contributed by atoms with Gasteiger partial charge in [-0.1, -0.05) is 11.6 Å². The predicted molar refractivity (Wildman–Crippen MR) is 77.1 cm³/mol. The van der Waals surface area contributed by atoms with E-state index in [4.69, 9.17) is 21.1 Å². The Hall–Kier alpha value is -1.85. The van der Waals surface area contributed by atoms with Crippen molar-refractivity contribution in [2.75, 3.05) is 14.2 Å². The molecule has 20 heavy (non-hydrogen) atoms. The molecule has 2 aromatic rings. The van der Waals surface area contributed by atoms with Crippen LogP contribution in [0.1, 0.15) is 11.4 Å². The molecule has 5 nitrogen and oxygen atoms in total. The van der Waals surface area contributed by atoms with Gasteiger partial charge in [0.1, 0.15) is 6.61 Å². The zero-order valence-electron chi connectivity index (χ0n) is 11.4. The third-order valence-corrected chi connectivity index (χ3v) is 2.92. The second kappa shape index (κ2) is 7.07. The van der Waals surface area contributed by atoms with Gasteiger partial charge in [0.2, 0.25) is 0 Å². The zero-order valence-corrected chi connectivity index (χ0v) is 12.1. The van der Waals surface area contributed by atoms with Crippen LogP contribution in [0.3, 0.4) is 0 Å². The molecular weight excluding hydrogens is 278 g/mol. The highest BCUT2D eigenvalue weighted by Crippen LogP contribution is 2.36. The van der Waals surface area contributed by atoms with Gasteiger partial charge in [-0.25, -0.2) is 9.97 Å². The van der Waals surface area contributed by atoms with E-state index >= 15 is 0 Å². The molecule has 0 saturated carbocycles. The number of rotatable bonds is 6. The smallest absolute Gasteiger partial charge is 0.180 e. The molecule has 0 aliphatic rings. The van der Waals surface area contributed by atoms with Crippen LogP contribution in [0.4, 0.5) is 0 Å². The zero-order chi connectivity index (χ0) is 14.4. The van der Waals surface area contributed by atoms with E-state index in [1.54, 1.807) is 25.6 Å². The Morgan fingerprint density at radius 2 is 2.00 bits per heavy atom. The molecular formula is C14H16ClN3O2. The fourth-order valence-electron chi connectivity index (χ4n) is 1.76. The molecule has 0 bridgehead atoms. The lowest BCUT2D eigenvalue weighted by atomic mass is 10.2. The molecule has 2 rings (SSSR count). The molecule has 0 saturated heterocycles. The number of hydrogen-bond donors (Lipinski definition) is 1. The molecule has 0 unspecified atom stereocenters. The van der Waals surface area contributed by atoms with Crippen LogP contribution in [0.2, 0.25) is 5.02 Å². The first-order chi connectivity index (χ1) is 9.74. The number of methoxy groups -OCH3 is 1. The fraction of sp³-hybridized carbons (Fsp3) is 0.286. The largest absolute Gasteiger partial charge is 0.493 e. The molecule has 0 aliphatic heterocycles. The highest BCUT2D eigenvalue weighted by Gasteiger charge is 2.12. The molecule has 0 aliphatic carbocycles. The van der Waals surface area contributed by atoms with Crippen LogP contribution < -0.4 is 14.8 Å². The minimum Gasteiger partial charge on any atom is -0.493 e. The van der Waals surface area contributed by atoms with E-state index in [9.17, 15) is 0 Å². The maximum Gasteiger partial charge on any atom is 0.180 e. The maximum absolute atomic E-state index is 6.24. The number of benzene rings is 1. The fourth-order valence-corrected chi connectivity index (χ4v) is 2.05. The second-order valence-corrected chi connectivity index (χ2v) is 4.50. The number of ether oxygens (including phenoxy) is 2. The van der Waals surface area contributed by atoms with Gasteiger partial charge in [0, 0.05) is 18.9 Å². The molecule has 0 amide bonds. The quantitative estimate of drug-likeness (QED) is 0.886. The van der Waals surface area contributed by atoms with Crippen LogP contribution in [0.5, 0.6) is 11.5 Å². The molecule has 0 fully saturated rings. The summed E-state index contributed by atoms with van der Waals surface area (Å²) in [5.41, 5.74) is 1.03. The predicted octanol–water partition coefficient (Wildman–Crippen LogP) is 2.44. The lowest BCUT2D eigenvalue weighted by molar-refractivity contribution is 0.276. The molecule has 0 radical (unpaired) electrons. The topological polar surface area (TPSA) is 56.3 Å². The second-order valence-electron chi connectivity index (χ2n) is 4.09. The van der Waals surface area contributed by atoms with Crippen molar-refractivity contribution in [3.8, 4) is 11.5 Å². The van der Waals surface area contributed by atoms with Crippen molar-refractivity contribution >= 4 is 11.6 Å². The van der Waals surface area contributed by atoms with Gasteiger partial charge in [0.15, 0.2) is 17.3 Å². The minimum atomic E-state index is 0.238. The van der Waals surface area contributed by atoms with E-state index in [2.05, 4.69) is 15.3 Å². The van der Waals surface area contributed by atoms with E-state index in [0.717, 1.165) is 5.56 Å². The summed E-state index contributed by atoms with van der Waals surface area (Å²) in [6.07, 6.45) is 3.33. The van der Waals surface area contributed by atoms with Gasteiger partial charge >= 0.3 is 0 Å². The number of halogens is 1. The SMILES string of the molecule is CNCc1cc(Cl)c(OCc2ncccn2)c(OC)c1. The highest BCUT2D eigenvalue weighted by molar-refractivity contribution is 6.32. The molecule has 1 aromatic carbocycles. The van der Waals surface area contributed by atoms with E-state index in [1.807, 2.05) is 19.2 Å². The van der Waals surface area contributed by atoms with Gasteiger partial charge in [-0.15, -0.1) is 0 Å². The Kier molecular flexibility index (Phi) is 5.15. The van der Waals surface area contributed by atoms with Crippen molar-refractivity contribution in [1.29, 1.82) is 0 Å². The molecule has 1 heterocycles. The monoisotopic (exact) mass is 293 g/mol. The highest BCUT2D eigenvalue weighted by atomic mass is 35.5. The van der Waals surface area contributed by atoms with E-state index < -0.39 is 0 Å². The van der Waals surface area contributed by atoms with Gasteiger partial charge in [0.25, 0.3) is 0 Å². The average Bonchev–Trinajstić information content (AvgIpc) is 2.47. The molecule has 106 valence electrons. The van der Waals surface area contributed by atoms with Crippen molar-refractivity contribution in [3.63, 3.8) is 0 Å². The molecule has 6 heteroatoms. The van der Waals surface area contributed by atoms with Crippen LogP contribution in [0.25, 0.3) is 0 Å². The van der Waals surface area contributed by atoms with Crippen molar-refractivity contribution in [2.24, 2.45) is 0 Å². The van der Waals surface area contributed by atoms with Crippen molar-refractivity contribution in [1.82, 2.24) is 15.3 Å². The molecule has 1 N–H and O–H groups in total. The Morgan fingerprint density at radius 3 is 2.65 bits per heavy atom. The van der Waals surface area contributed by atoms with Crippen LogP contribution in [0, 0.1) is 0 Å². The number of nitrogens with one attached hydrogen (secondary N) is 1. The minimum absolute atomic E-state index is 0.238. The van der Waals surface area contributed by atoms with E-state index in [-0.39, 0.29) is 6.61 Å². The summed E-state index contributed by atoms with van der Waals surface area (Å²) in [5, 5.41) is 3.57. The number of hydrogen-bond acceptors (Lipinski definition) is 5. The lowest BCUT2D eigenvalue weighted by Crippen LogP contribution is -2.06. The number of nitrogens with zero attached hydrogens (tertiary/aromatic N) is 2. The first-order valence-electron chi connectivity index (χ1n) is 6.14. The normalized spacial score (nSPS) is 10.3. The van der Waals surface area contributed by atoms with Crippen molar-refractivity contribution < 1.29 is 9.47 Å². The van der Waals surface area contributed by atoms with E-state index in [1.165, 1.54) is 0 Å². The van der Waals surface area contributed by atoms with Crippen LogP contribution >= 0.6 is 11.6 Å². The van der Waals surface area contributed by atoms with E-state index in [0.29, 0.717) is 28.9 Å². The summed E-state index contributed by atoms with van der Waals surface area (Å²) < 4.78 is 11.0. The molecule has 0 atom stereocenters. The van der Waals surface area contributed by atoms with Crippen molar-refractivity contribution in [3.05, 3.63) is 47.0 Å². The Morgan fingerprint density at radius 1 is 1.25 bits per heavy atom. The van der Waals surface area contributed by atoms with Crippen LogP contribution in [0.15, 0.2) is 30.6 Å². The summed E-state index contributed by atoms with van der Waals surface area (Å²) in [5.74, 6) is 1.69. The van der Waals surface area contributed by atoms with Gasteiger partial charge in [-0.2, -0.15) is 0 Å². The summed E-state index contributed by atoms with van der Waals surface area (Å²) in [4.78, 5) is 8.19. The molecule has 0 spiro atoms. The average molecular weight is 294 g/mol. The first kappa shape index (κ1) is 14.6. The number of aromatic nitrogens is 2. The third kappa shape index (κ3) is 3.59. The Bertz CT molecular complexity index is 564. The molecule has 1 aromatic heterocycles. The summed E-state index contributed by atoms with van der Waals surface area (Å²) in [7, 11) is 3.46. The van der Waals surface area contributed by atoms with Crippen molar-refractivity contribution in [2.45, 2.75) is 13.2 Å². The Balaban J connectivity index is 2.18.